The monoisotopic (exact) mass is 250 g/mol. The largest absolute Gasteiger partial charge is 0.376 e. The molecule has 1 saturated heterocycles. The van der Waals surface area contributed by atoms with Crippen LogP contribution in [0.25, 0.3) is 0 Å². The van der Waals surface area contributed by atoms with Crippen LogP contribution >= 0.6 is 0 Å². The fourth-order valence-electron chi connectivity index (χ4n) is 1.74. The van der Waals surface area contributed by atoms with Crippen LogP contribution in [0.2, 0.25) is 0 Å². The maximum absolute atomic E-state index is 12.1. The number of carbonyl (C=O) groups excluding carboxylic acids is 1. The predicted octanol–water partition coefficient (Wildman–Crippen LogP) is 0.867. The Hall–Kier alpha value is -0.750. The van der Waals surface area contributed by atoms with Crippen molar-refractivity contribution < 1.29 is 18.3 Å². The summed E-state index contributed by atoms with van der Waals surface area (Å²) in [6, 6.07) is -0.551. The highest BCUT2D eigenvalue weighted by Gasteiger charge is 2.22. The summed E-state index contributed by atoms with van der Waals surface area (Å²) in [6.07, 6.45) is -0.386. The fourth-order valence-corrected chi connectivity index (χ4v) is 1.74. The molecule has 1 aliphatic heterocycles. The van der Waals surface area contributed by atoms with Crippen LogP contribution in [0.15, 0.2) is 0 Å². The molecule has 100 valence electrons. The van der Waals surface area contributed by atoms with Crippen molar-refractivity contribution in [2.45, 2.75) is 38.3 Å². The van der Waals surface area contributed by atoms with Crippen LogP contribution in [0, 0.1) is 0 Å². The molecule has 1 amide bonds. The van der Waals surface area contributed by atoms with Crippen LogP contribution in [0.1, 0.15) is 19.8 Å². The van der Waals surface area contributed by atoms with Gasteiger partial charge in [-0.1, -0.05) is 0 Å². The van der Waals surface area contributed by atoms with Gasteiger partial charge in [0.1, 0.15) is 0 Å². The summed E-state index contributed by atoms with van der Waals surface area (Å²) >= 11 is 0. The highest BCUT2D eigenvalue weighted by Crippen LogP contribution is 2.10. The van der Waals surface area contributed by atoms with Crippen molar-refractivity contribution in [3.05, 3.63) is 0 Å². The average molecular weight is 250 g/mol. The number of nitrogens with one attached hydrogen (secondary N) is 1. The number of rotatable bonds is 6. The molecule has 1 heterocycles. The van der Waals surface area contributed by atoms with Crippen molar-refractivity contribution in [1.82, 2.24) is 10.2 Å². The van der Waals surface area contributed by atoms with E-state index in [9.17, 15) is 13.6 Å². The summed E-state index contributed by atoms with van der Waals surface area (Å²) < 4.78 is 29.7. The van der Waals surface area contributed by atoms with Gasteiger partial charge < -0.3 is 10.1 Å². The topological polar surface area (TPSA) is 41.6 Å². The number of hydrogen-bond donors (Lipinski definition) is 1. The number of alkyl halides is 2. The number of halogens is 2. The van der Waals surface area contributed by atoms with E-state index in [2.05, 4.69) is 5.32 Å². The minimum absolute atomic E-state index is 0.0755. The smallest absolute Gasteiger partial charge is 0.251 e. The molecular formula is C11H20F2N2O2. The molecule has 4 nitrogen and oxygen atoms in total. The molecule has 0 radical (unpaired) electrons. The Morgan fingerprint density at radius 2 is 2.29 bits per heavy atom. The lowest BCUT2D eigenvalue weighted by atomic mass is 10.2. The van der Waals surface area contributed by atoms with Crippen molar-refractivity contribution >= 4 is 5.91 Å². The van der Waals surface area contributed by atoms with Crippen LogP contribution < -0.4 is 5.32 Å². The van der Waals surface area contributed by atoms with Crippen LogP contribution in [-0.4, -0.2) is 56.1 Å². The molecule has 0 aromatic carbocycles. The Morgan fingerprint density at radius 3 is 2.82 bits per heavy atom. The number of carbonyl (C=O) groups is 1. The first kappa shape index (κ1) is 14.3. The third-order valence-corrected chi connectivity index (χ3v) is 2.99. The van der Waals surface area contributed by atoms with Crippen molar-refractivity contribution in [2.75, 3.05) is 26.7 Å². The van der Waals surface area contributed by atoms with E-state index in [1.807, 2.05) is 0 Å². The van der Waals surface area contributed by atoms with E-state index < -0.39 is 19.0 Å². The van der Waals surface area contributed by atoms with Gasteiger partial charge in [0.25, 0.3) is 6.43 Å². The Balaban J connectivity index is 2.25. The van der Waals surface area contributed by atoms with Gasteiger partial charge in [-0.25, -0.2) is 8.78 Å². The zero-order valence-electron chi connectivity index (χ0n) is 10.3. The molecule has 0 bridgehead atoms. The van der Waals surface area contributed by atoms with Crippen LogP contribution in [0.3, 0.4) is 0 Å². The molecule has 6 heteroatoms. The van der Waals surface area contributed by atoms with Crippen LogP contribution in [0.4, 0.5) is 8.78 Å². The summed E-state index contributed by atoms with van der Waals surface area (Å²) in [4.78, 5) is 13.0. The van der Waals surface area contributed by atoms with E-state index in [0.29, 0.717) is 6.54 Å². The summed E-state index contributed by atoms with van der Waals surface area (Å²) in [6.45, 7) is 2.43. The normalized spacial score (nSPS) is 22.1. The first-order chi connectivity index (χ1) is 8.00. The molecule has 0 saturated carbocycles. The zero-order chi connectivity index (χ0) is 12.8. The first-order valence-corrected chi connectivity index (χ1v) is 5.88. The quantitative estimate of drug-likeness (QED) is 0.760. The summed E-state index contributed by atoms with van der Waals surface area (Å²) in [5.74, 6) is -0.233. The lowest BCUT2D eigenvalue weighted by Gasteiger charge is -2.23. The maximum Gasteiger partial charge on any atom is 0.251 e. The van der Waals surface area contributed by atoms with E-state index >= 15 is 0 Å². The highest BCUT2D eigenvalue weighted by molar-refractivity contribution is 5.81. The summed E-state index contributed by atoms with van der Waals surface area (Å²) in [5, 5.41) is 2.73. The van der Waals surface area contributed by atoms with Crippen molar-refractivity contribution in [1.29, 1.82) is 0 Å². The lowest BCUT2D eigenvalue weighted by molar-refractivity contribution is -0.126. The van der Waals surface area contributed by atoms with Gasteiger partial charge in [-0.05, 0) is 26.8 Å². The molecule has 1 aliphatic rings. The predicted molar refractivity (Wildman–Crippen MR) is 60.1 cm³/mol. The number of ether oxygens (including phenoxy) is 1. The highest BCUT2D eigenvalue weighted by atomic mass is 19.3. The minimum Gasteiger partial charge on any atom is -0.376 e. The van der Waals surface area contributed by atoms with Crippen molar-refractivity contribution in [3.8, 4) is 0 Å². The van der Waals surface area contributed by atoms with Gasteiger partial charge in [-0.3, -0.25) is 9.69 Å². The van der Waals surface area contributed by atoms with E-state index in [1.54, 1.807) is 6.92 Å². The summed E-state index contributed by atoms with van der Waals surface area (Å²) in [5.41, 5.74) is 0. The molecule has 17 heavy (non-hydrogen) atoms. The zero-order valence-corrected chi connectivity index (χ0v) is 10.3. The van der Waals surface area contributed by atoms with Gasteiger partial charge in [-0.2, -0.15) is 0 Å². The molecule has 0 aliphatic carbocycles. The number of amides is 1. The van der Waals surface area contributed by atoms with Gasteiger partial charge >= 0.3 is 0 Å². The van der Waals surface area contributed by atoms with E-state index in [-0.39, 0.29) is 12.0 Å². The molecule has 0 aromatic rings. The molecular weight excluding hydrogens is 230 g/mol. The molecule has 0 spiro atoms. The van der Waals surface area contributed by atoms with Gasteiger partial charge in [-0.15, -0.1) is 0 Å². The van der Waals surface area contributed by atoms with Gasteiger partial charge in [0.2, 0.25) is 5.91 Å². The third-order valence-electron chi connectivity index (χ3n) is 2.99. The number of hydrogen-bond acceptors (Lipinski definition) is 3. The van der Waals surface area contributed by atoms with E-state index in [4.69, 9.17) is 4.74 Å². The third kappa shape index (κ3) is 4.95. The fraction of sp³-hybridized carbons (Fsp3) is 0.909. The molecule has 1 fully saturated rings. The number of likely N-dealkylation sites (N-methyl/N-ethyl adjacent to an activating group) is 1. The van der Waals surface area contributed by atoms with Gasteiger partial charge in [0, 0.05) is 13.2 Å². The molecule has 0 aromatic heterocycles. The summed E-state index contributed by atoms with van der Waals surface area (Å²) in [7, 11) is 1.52. The molecule has 1 rings (SSSR count). The van der Waals surface area contributed by atoms with Crippen molar-refractivity contribution in [2.24, 2.45) is 0 Å². The Labute approximate surface area is 100 Å². The second kappa shape index (κ2) is 6.86. The lowest BCUT2D eigenvalue weighted by Crippen LogP contribution is -2.46. The molecule has 0 unspecified atom stereocenters. The van der Waals surface area contributed by atoms with Crippen LogP contribution in [-0.2, 0) is 9.53 Å². The Bertz CT molecular complexity index is 246. The number of nitrogens with zero attached hydrogens (tertiary/aromatic N) is 1. The Kier molecular flexibility index (Phi) is 5.77. The van der Waals surface area contributed by atoms with E-state index in [0.717, 1.165) is 19.4 Å². The van der Waals surface area contributed by atoms with Gasteiger partial charge in [0.05, 0.1) is 18.7 Å². The molecule has 1 N–H and O–H groups in total. The van der Waals surface area contributed by atoms with Gasteiger partial charge in [0.15, 0.2) is 0 Å². The molecule has 2 atom stereocenters. The first-order valence-electron chi connectivity index (χ1n) is 5.88. The maximum atomic E-state index is 12.1. The second-order valence-corrected chi connectivity index (χ2v) is 4.39. The van der Waals surface area contributed by atoms with Crippen LogP contribution in [0.5, 0.6) is 0 Å². The Morgan fingerprint density at radius 1 is 1.59 bits per heavy atom. The SMILES string of the molecule is C[C@H](C(=O)NC[C@@H]1CCCO1)N(C)CC(F)F. The minimum atomic E-state index is -2.42. The van der Waals surface area contributed by atoms with E-state index in [1.165, 1.54) is 11.9 Å². The average Bonchev–Trinajstić information content (AvgIpc) is 2.76. The standard InChI is InChI=1S/C11H20F2N2O2/c1-8(15(2)7-10(12)13)11(16)14-6-9-4-3-5-17-9/h8-10H,3-7H2,1-2H3,(H,14,16)/t8-,9+/m1/s1. The van der Waals surface area contributed by atoms with Crippen molar-refractivity contribution in [3.63, 3.8) is 0 Å². The second-order valence-electron chi connectivity index (χ2n) is 4.39.